The maximum Gasteiger partial charge on any atom is 0.230 e. The first-order chi connectivity index (χ1) is 14.3. The first kappa shape index (κ1) is 19.9. The first-order valence-corrected chi connectivity index (χ1v) is 10.00. The van der Waals surface area contributed by atoms with Gasteiger partial charge in [-0.25, -0.2) is 13.8 Å². The van der Waals surface area contributed by atoms with Gasteiger partial charge in [0.15, 0.2) is 10.9 Å². The molecule has 1 aliphatic rings. The van der Waals surface area contributed by atoms with Crippen molar-refractivity contribution in [3.05, 3.63) is 75.8 Å². The lowest BCUT2D eigenvalue weighted by Gasteiger charge is -2.18. The molecular formula is C22H16F2N2O3S. The number of ketones is 1. The number of rotatable bonds is 3. The lowest BCUT2D eigenvalue weighted by atomic mass is 9.86. The third-order valence-electron chi connectivity index (χ3n) is 4.78. The molecule has 0 aliphatic heterocycles. The van der Waals surface area contributed by atoms with Gasteiger partial charge in [-0.1, -0.05) is 0 Å². The zero-order valence-corrected chi connectivity index (χ0v) is 16.7. The van der Waals surface area contributed by atoms with Gasteiger partial charge in [0.1, 0.15) is 17.4 Å². The van der Waals surface area contributed by atoms with E-state index >= 15 is 0 Å². The highest BCUT2D eigenvalue weighted by Gasteiger charge is 2.24. The number of phenols is 1. The van der Waals surface area contributed by atoms with E-state index in [9.17, 15) is 23.5 Å². The number of halogens is 2. The van der Waals surface area contributed by atoms with Crippen molar-refractivity contribution in [3.8, 4) is 5.75 Å². The lowest BCUT2D eigenvalue weighted by Crippen LogP contribution is -2.23. The van der Waals surface area contributed by atoms with Crippen LogP contribution in [0.5, 0.6) is 5.75 Å². The third-order valence-corrected chi connectivity index (χ3v) is 5.62. The zero-order valence-electron chi connectivity index (χ0n) is 15.9. The van der Waals surface area contributed by atoms with Gasteiger partial charge in [-0.15, -0.1) is 11.3 Å². The molecule has 0 unspecified atom stereocenters. The van der Waals surface area contributed by atoms with Gasteiger partial charge in [0, 0.05) is 29.5 Å². The van der Waals surface area contributed by atoms with Crippen molar-refractivity contribution in [2.24, 2.45) is 0 Å². The second-order valence-corrected chi connectivity index (χ2v) is 7.68. The molecule has 0 bridgehead atoms. The van der Waals surface area contributed by atoms with E-state index in [1.54, 1.807) is 23.6 Å². The summed E-state index contributed by atoms with van der Waals surface area (Å²) in [5.74, 6) is -2.11. The average molecular weight is 426 g/mol. The summed E-state index contributed by atoms with van der Waals surface area (Å²) in [5.41, 5.74) is 2.27. The number of aryl methyl sites for hydroxylation is 1. The van der Waals surface area contributed by atoms with E-state index in [0.717, 1.165) is 27.9 Å². The van der Waals surface area contributed by atoms with E-state index in [-0.39, 0.29) is 22.4 Å². The number of carbonyl (C=O) groups is 2. The van der Waals surface area contributed by atoms with Crippen LogP contribution in [0.15, 0.2) is 47.4 Å². The topological polar surface area (TPSA) is 70.5 Å². The fourth-order valence-electron chi connectivity index (χ4n) is 3.40. The minimum absolute atomic E-state index is 0.0973. The molecule has 0 radical (unpaired) electrons. The smallest absolute Gasteiger partial charge is 0.230 e. The molecule has 0 saturated carbocycles. The summed E-state index contributed by atoms with van der Waals surface area (Å²) in [4.78, 5) is 30.3. The standard InChI is InChI=1S/C22H16F2N2O3S/c1-12(27)26(20-7-4-15(23)10-19(20)24)22-25-16(11-30-22)8-14-3-2-13-9-17(28)5-6-18(13)21(14)29/h4-11,28H,2-3H2,1H3/b14-8-. The van der Waals surface area contributed by atoms with Gasteiger partial charge in [0.2, 0.25) is 5.91 Å². The highest BCUT2D eigenvalue weighted by atomic mass is 32.1. The number of nitrogens with zero attached hydrogens (tertiary/aromatic N) is 2. The van der Waals surface area contributed by atoms with E-state index in [2.05, 4.69) is 4.98 Å². The Balaban J connectivity index is 1.65. The molecule has 0 atom stereocenters. The molecule has 5 nitrogen and oxygen atoms in total. The average Bonchev–Trinajstić information content (AvgIpc) is 3.14. The summed E-state index contributed by atoms with van der Waals surface area (Å²) in [6.07, 6.45) is 2.75. The van der Waals surface area contributed by atoms with Gasteiger partial charge in [-0.2, -0.15) is 0 Å². The largest absolute Gasteiger partial charge is 0.508 e. The number of amides is 1. The maximum absolute atomic E-state index is 14.2. The summed E-state index contributed by atoms with van der Waals surface area (Å²) < 4.78 is 27.4. The Bertz CT molecular complexity index is 1200. The van der Waals surface area contributed by atoms with Crippen LogP contribution in [0.1, 0.15) is 35.0 Å². The summed E-state index contributed by atoms with van der Waals surface area (Å²) in [5, 5.41) is 11.5. The fourth-order valence-corrected chi connectivity index (χ4v) is 4.23. The van der Waals surface area contributed by atoms with Crippen LogP contribution in [0.3, 0.4) is 0 Å². The molecule has 8 heteroatoms. The molecule has 3 aromatic rings. The molecule has 0 saturated heterocycles. The Labute approximate surface area is 174 Å². The Kier molecular flexibility index (Phi) is 5.17. The fraction of sp³-hybridized carbons (Fsp3) is 0.136. The van der Waals surface area contributed by atoms with Crippen LogP contribution < -0.4 is 4.90 Å². The molecule has 1 amide bonds. The molecule has 1 aromatic heterocycles. The molecular weight excluding hydrogens is 410 g/mol. The number of benzene rings is 2. The number of aromatic nitrogens is 1. The number of allylic oxidation sites excluding steroid dienone is 1. The number of aromatic hydroxyl groups is 1. The van der Waals surface area contributed by atoms with Gasteiger partial charge in [0.05, 0.1) is 11.4 Å². The van der Waals surface area contributed by atoms with Gasteiger partial charge >= 0.3 is 0 Å². The van der Waals surface area contributed by atoms with Crippen LogP contribution in [0.2, 0.25) is 0 Å². The van der Waals surface area contributed by atoms with Crippen LogP contribution in [-0.2, 0) is 11.2 Å². The summed E-state index contributed by atoms with van der Waals surface area (Å²) >= 11 is 1.12. The van der Waals surface area contributed by atoms with E-state index in [4.69, 9.17) is 0 Å². The van der Waals surface area contributed by atoms with E-state index in [1.807, 2.05) is 0 Å². The van der Waals surface area contributed by atoms with Crippen molar-refractivity contribution in [1.29, 1.82) is 0 Å². The minimum atomic E-state index is -0.873. The highest BCUT2D eigenvalue weighted by molar-refractivity contribution is 7.14. The monoisotopic (exact) mass is 426 g/mol. The summed E-state index contributed by atoms with van der Waals surface area (Å²) in [7, 11) is 0. The number of Topliss-reactive ketones (excluding diaryl/α,β-unsaturated/α-hetero) is 1. The van der Waals surface area contributed by atoms with Crippen molar-refractivity contribution in [2.75, 3.05) is 4.90 Å². The van der Waals surface area contributed by atoms with E-state index in [1.165, 1.54) is 19.1 Å². The molecule has 30 heavy (non-hydrogen) atoms. The van der Waals surface area contributed by atoms with E-state index < -0.39 is 17.5 Å². The van der Waals surface area contributed by atoms with Crippen LogP contribution in [0.4, 0.5) is 19.6 Å². The van der Waals surface area contributed by atoms with Gasteiger partial charge in [-0.3, -0.25) is 14.5 Å². The summed E-state index contributed by atoms with van der Waals surface area (Å²) in [6.45, 7) is 1.26. The van der Waals surface area contributed by atoms with Crippen LogP contribution in [0, 0.1) is 11.6 Å². The van der Waals surface area contributed by atoms with Crippen molar-refractivity contribution in [1.82, 2.24) is 4.98 Å². The predicted molar refractivity (Wildman–Crippen MR) is 110 cm³/mol. The first-order valence-electron chi connectivity index (χ1n) is 9.12. The number of hydrogen-bond acceptors (Lipinski definition) is 5. The second-order valence-electron chi connectivity index (χ2n) is 6.85. The predicted octanol–water partition coefficient (Wildman–Crippen LogP) is 5.02. The minimum Gasteiger partial charge on any atom is -0.508 e. The molecule has 0 fully saturated rings. The van der Waals surface area contributed by atoms with Gasteiger partial charge in [-0.05, 0) is 54.8 Å². The Morgan fingerprint density at radius 1 is 1.20 bits per heavy atom. The number of carbonyl (C=O) groups excluding carboxylic acids is 2. The Hall–Kier alpha value is -3.39. The lowest BCUT2D eigenvalue weighted by molar-refractivity contribution is -0.115. The second kappa shape index (κ2) is 7.79. The molecule has 1 N–H and O–H groups in total. The molecule has 1 aliphatic carbocycles. The van der Waals surface area contributed by atoms with Crippen LogP contribution in [-0.4, -0.2) is 21.8 Å². The number of anilines is 2. The van der Waals surface area contributed by atoms with E-state index in [0.29, 0.717) is 35.7 Å². The van der Waals surface area contributed by atoms with Crippen molar-refractivity contribution in [2.45, 2.75) is 19.8 Å². The zero-order chi connectivity index (χ0) is 21.4. The van der Waals surface area contributed by atoms with Crippen LogP contribution in [0.25, 0.3) is 6.08 Å². The van der Waals surface area contributed by atoms with Gasteiger partial charge < -0.3 is 5.11 Å². The number of hydrogen-bond donors (Lipinski definition) is 1. The molecule has 2 aromatic carbocycles. The summed E-state index contributed by atoms with van der Waals surface area (Å²) in [6, 6.07) is 7.62. The maximum atomic E-state index is 14.2. The van der Waals surface area contributed by atoms with Crippen molar-refractivity contribution < 1.29 is 23.5 Å². The SMILES string of the molecule is CC(=O)N(c1nc(/C=C2/CCc3cc(O)ccc3C2=O)cs1)c1ccc(F)cc1F. The third kappa shape index (κ3) is 3.73. The van der Waals surface area contributed by atoms with Gasteiger partial charge in [0.25, 0.3) is 0 Å². The van der Waals surface area contributed by atoms with Crippen molar-refractivity contribution >= 4 is 39.9 Å². The Morgan fingerprint density at radius 2 is 2.00 bits per heavy atom. The Morgan fingerprint density at radius 3 is 2.73 bits per heavy atom. The number of fused-ring (bicyclic) bond motifs is 1. The van der Waals surface area contributed by atoms with Crippen LogP contribution >= 0.6 is 11.3 Å². The molecule has 0 spiro atoms. The van der Waals surface area contributed by atoms with Crippen molar-refractivity contribution in [3.63, 3.8) is 0 Å². The number of phenolic OH excluding ortho intramolecular Hbond substituents is 1. The molecule has 4 rings (SSSR count). The molecule has 152 valence electrons. The normalized spacial score (nSPS) is 14.6. The molecule has 1 heterocycles. The number of thiazole rings is 1. The highest BCUT2D eigenvalue weighted by Crippen LogP contribution is 2.33. The quantitative estimate of drug-likeness (QED) is 0.597.